The minimum absolute atomic E-state index is 0.122. The van der Waals surface area contributed by atoms with Gasteiger partial charge in [0.2, 0.25) is 0 Å². The molecular weight excluding hydrogens is 420 g/mol. The van der Waals surface area contributed by atoms with Crippen LogP contribution in [0.15, 0.2) is 54.2 Å². The molecule has 0 saturated carbocycles. The van der Waals surface area contributed by atoms with Crippen molar-refractivity contribution >= 4 is 17.4 Å². The molecule has 4 rings (SSSR count). The first-order valence-electron chi connectivity index (χ1n) is 13.1. The Morgan fingerprint density at radius 2 is 1.41 bits per heavy atom. The van der Waals surface area contributed by atoms with Gasteiger partial charge in [0.15, 0.2) is 0 Å². The zero-order valence-electron chi connectivity index (χ0n) is 20.8. The maximum absolute atomic E-state index is 13.6. The van der Waals surface area contributed by atoms with E-state index in [1.165, 1.54) is 54.6 Å². The summed E-state index contributed by atoms with van der Waals surface area (Å²) in [4.78, 5) is 30.8. The van der Waals surface area contributed by atoms with Gasteiger partial charge in [-0.25, -0.2) is 0 Å². The third kappa shape index (κ3) is 5.43. The van der Waals surface area contributed by atoms with Gasteiger partial charge in [-0.1, -0.05) is 106 Å². The van der Waals surface area contributed by atoms with Gasteiger partial charge in [-0.3, -0.25) is 14.5 Å². The third-order valence-corrected chi connectivity index (χ3v) is 7.17. The van der Waals surface area contributed by atoms with E-state index in [-0.39, 0.29) is 11.8 Å². The van der Waals surface area contributed by atoms with Crippen molar-refractivity contribution in [2.24, 2.45) is 0 Å². The van der Waals surface area contributed by atoms with Crippen LogP contribution in [0.2, 0.25) is 0 Å². The maximum Gasteiger partial charge on any atom is 0.277 e. The molecule has 0 saturated heterocycles. The highest BCUT2D eigenvalue weighted by molar-refractivity contribution is 6.35. The number of nitrogens with zero attached hydrogens (tertiary/aromatic N) is 2. The molecule has 4 heteroatoms. The summed E-state index contributed by atoms with van der Waals surface area (Å²) in [6.45, 7) is 6.21. The van der Waals surface area contributed by atoms with Crippen LogP contribution in [-0.4, -0.2) is 34.7 Å². The van der Waals surface area contributed by atoms with E-state index in [1.807, 2.05) is 37.3 Å². The van der Waals surface area contributed by atoms with Crippen molar-refractivity contribution in [2.45, 2.75) is 78.2 Å². The molecule has 0 spiro atoms. The number of carbonyl (C=O) groups is 2. The highest BCUT2D eigenvalue weighted by Crippen LogP contribution is 2.34. The third-order valence-electron chi connectivity index (χ3n) is 7.17. The van der Waals surface area contributed by atoms with Gasteiger partial charge in [0.1, 0.15) is 5.70 Å². The molecule has 0 fully saturated rings. The Hall–Kier alpha value is -2.88. The fourth-order valence-electron chi connectivity index (χ4n) is 5.13. The Labute approximate surface area is 204 Å². The van der Waals surface area contributed by atoms with E-state index in [0.29, 0.717) is 24.4 Å². The number of imide groups is 1. The molecule has 34 heavy (non-hydrogen) atoms. The van der Waals surface area contributed by atoms with E-state index in [0.717, 1.165) is 36.9 Å². The molecule has 2 aromatic carbocycles. The zero-order chi connectivity index (χ0) is 23.9. The number of carbonyl (C=O) groups excluding carboxylic acids is 2. The van der Waals surface area contributed by atoms with Crippen LogP contribution in [0, 0.1) is 6.92 Å². The predicted molar refractivity (Wildman–Crippen MR) is 138 cm³/mol. The maximum atomic E-state index is 13.6. The molecule has 4 nitrogen and oxygen atoms in total. The average molecular weight is 459 g/mol. The Kier molecular flexibility index (Phi) is 8.21. The van der Waals surface area contributed by atoms with Crippen molar-refractivity contribution in [1.82, 2.24) is 9.80 Å². The van der Waals surface area contributed by atoms with Crippen LogP contribution in [-0.2, 0) is 22.6 Å². The van der Waals surface area contributed by atoms with Gasteiger partial charge in [-0.2, -0.15) is 0 Å². The molecule has 0 atom stereocenters. The highest BCUT2D eigenvalue weighted by Gasteiger charge is 2.41. The van der Waals surface area contributed by atoms with Gasteiger partial charge in [-0.05, 0) is 36.5 Å². The minimum Gasteiger partial charge on any atom is -0.362 e. The second kappa shape index (κ2) is 11.5. The predicted octanol–water partition coefficient (Wildman–Crippen LogP) is 6.27. The van der Waals surface area contributed by atoms with Gasteiger partial charge in [0, 0.05) is 19.6 Å². The summed E-state index contributed by atoms with van der Waals surface area (Å²) in [7, 11) is 0. The summed E-state index contributed by atoms with van der Waals surface area (Å²) in [5, 5.41) is 0. The topological polar surface area (TPSA) is 40.6 Å². The molecule has 0 radical (unpaired) electrons. The van der Waals surface area contributed by atoms with E-state index in [2.05, 4.69) is 30.0 Å². The fraction of sp³-hybridized carbons (Fsp3) is 0.467. The number of amides is 2. The lowest BCUT2D eigenvalue weighted by atomic mass is 9.97. The van der Waals surface area contributed by atoms with Crippen LogP contribution in [0.1, 0.15) is 80.5 Å². The zero-order valence-corrected chi connectivity index (χ0v) is 20.8. The molecule has 2 aliphatic rings. The molecule has 2 aromatic rings. The molecule has 180 valence electrons. The molecule has 0 aromatic heterocycles. The van der Waals surface area contributed by atoms with Crippen LogP contribution >= 0.6 is 0 Å². The fourth-order valence-corrected chi connectivity index (χ4v) is 5.13. The monoisotopic (exact) mass is 458 g/mol. The lowest BCUT2D eigenvalue weighted by Crippen LogP contribution is -2.37. The van der Waals surface area contributed by atoms with Crippen molar-refractivity contribution in [3.05, 3.63) is 76.5 Å². The summed E-state index contributed by atoms with van der Waals surface area (Å²) in [6, 6.07) is 16.4. The highest BCUT2D eigenvalue weighted by atomic mass is 16.2. The van der Waals surface area contributed by atoms with E-state index in [4.69, 9.17) is 0 Å². The minimum atomic E-state index is -0.134. The van der Waals surface area contributed by atoms with Crippen molar-refractivity contribution in [1.29, 1.82) is 0 Å². The second-order valence-corrected chi connectivity index (χ2v) is 9.77. The van der Waals surface area contributed by atoms with E-state index >= 15 is 0 Å². The van der Waals surface area contributed by atoms with E-state index in [1.54, 1.807) is 0 Å². The van der Waals surface area contributed by atoms with Crippen LogP contribution in [0.5, 0.6) is 0 Å². The number of hydrogen-bond donors (Lipinski definition) is 0. The SMILES string of the molecule is CCCCCCCCCCN1C(=O)C(c2ccc(C)cc2)=C(N2CCc3ccccc3C2)C1=O. The van der Waals surface area contributed by atoms with Crippen LogP contribution < -0.4 is 0 Å². The van der Waals surface area contributed by atoms with Crippen molar-refractivity contribution in [2.75, 3.05) is 13.1 Å². The first-order chi connectivity index (χ1) is 16.6. The van der Waals surface area contributed by atoms with Crippen LogP contribution in [0.25, 0.3) is 5.57 Å². The molecule has 0 bridgehead atoms. The summed E-state index contributed by atoms with van der Waals surface area (Å²) in [5.74, 6) is -0.256. The molecular formula is C30H38N2O2. The smallest absolute Gasteiger partial charge is 0.277 e. The van der Waals surface area contributed by atoms with Gasteiger partial charge in [0.05, 0.1) is 5.57 Å². The molecule has 0 N–H and O–H groups in total. The number of fused-ring (bicyclic) bond motifs is 1. The molecule has 2 amide bonds. The Balaban J connectivity index is 1.49. The van der Waals surface area contributed by atoms with Gasteiger partial charge >= 0.3 is 0 Å². The van der Waals surface area contributed by atoms with E-state index < -0.39 is 0 Å². The first kappa shape index (κ1) is 24.3. The Bertz CT molecular complexity index is 1040. The summed E-state index contributed by atoms with van der Waals surface area (Å²) in [5.41, 5.74) is 5.73. The molecule has 2 aliphatic heterocycles. The number of hydrogen-bond acceptors (Lipinski definition) is 3. The molecule has 2 heterocycles. The number of unbranched alkanes of at least 4 members (excludes halogenated alkanes) is 7. The quantitative estimate of drug-likeness (QED) is 0.294. The summed E-state index contributed by atoms with van der Waals surface area (Å²) >= 11 is 0. The Morgan fingerprint density at radius 3 is 2.12 bits per heavy atom. The lowest BCUT2D eigenvalue weighted by molar-refractivity contribution is -0.137. The lowest BCUT2D eigenvalue weighted by Gasteiger charge is -2.31. The van der Waals surface area contributed by atoms with Crippen molar-refractivity contribution in [3.63, 3.8) is 0 Å². The molecule has 0 aliphatic carbocycles. The standard InChI is InChI=1S/C30H38N2O2/c1-3-4-5-6-7-8-9-12-20-32-29(33)27(25-17-15-23(2)16-18-25)28(30(32)34)31-21-19-24-13-10-11-14-26(24)22-31/h10-11,13-18H,3-9,12,19-22H2,1-2H3. The summed E-state index contributed by atoms with van der Waals surface area (Å²) < 4.78 is 0. The van der Waals surface area contributed by atoms with Gasteiger partial charge in [-0.15, -0.1) is 0 Å². The normalized spacial score (nSPS) is 15.9. The summed E-state index contributed by atoms with van der Waals surface area (Å²) in [6.07, 6.45) is 10.4. The molecule has 0 unspecified atom stereocenters. The van der Waals surface area contributed by atoms with E-state index in [9.17, 15) is 9.59 Å². The number of benzene rings is 2. The number of aryl methyl sites for hydroxylation is 1. The van der Waals surface area contributed by atoms with Crippen LogP contribution in [0.3, 0.4) is 0 Å². The average Bonchev–Trinajstić information content (AvgIpc) is 3.10. The number of rotatable bonds is 11. The van der Waals surface area contributed by atoms with Crippen molar-refractivity contribution < 1.29 is 9.59 Å². The van der Waals surface area contributed by atoms with Gasteiger partial charge in [0.25, 0.3) is 11.8 Å². The largest absolute Gasteiger partial charge is 0.362 e. The van der Waals surface area contributed by atoms with Crippen LogP contribution in [0.4, 0.5) is 0 Å². The Morgan fingerprint density at radius 1 is 0.765 bits per heavy atom. The van der Waals surface area contributed by atoms with Gasteiger partial charge < -0.3 is 4.90 Å². The van der Waals surface area contributed by atoms with Crippen molar-refractivity contribution in [3.8, 4) is 0 Å². The first-order valence-corrected chi connectivity index (χ1v) is 13.1. The second-order valence-electron chi connectivity index (χ2n) is 9.77.